The zero-order valence-corrected chi connectivity index (χ0v) is 15.9. The first-order valence-corrected chi connectivity index (χ1v) is 9.31. The van der Waals surface area contributed by atoms with E-state index in [4.69, 9.17) is 4.74 Å². The standard InChI is InChI=1S/C22H22N2O4/c1-13-8-18(13)24-20(26)14-9-16(21(27)23-2)19-17(10-14)22(11-25,12-28-19)15-6-4-3-5-7-15/h3-7,9-10,13,25H,8,11-12H2,1-2H3,(H,23,27)/t13-,22?/m0/s1. The summed E-state index contributed by atoms with van der Waals surface area (Å²) in [7, 11) is 1.53. The van der Waals surface area contributed by atoms with E-state index in [9.17, 15) is 14.7 Å². The van der Waals surface area contributed by atoms with Crippen LogP contribution in [0.25, 0.3) is 0 Å². The van der Waals surface area contributed by atoms with Gasteiger partial charge in [-0.3, -0.25) is 9.59 Å². The number of benzene rings is 2. The molecule has 1 aliphatic carbocycles. The molecular weight excluding hydrogens is 356 g/mol. The molecule has 2 aliphatic rings. The van der Waals surface area contributed by atoms with Crippen molar-refractivity contribution >= 4 is 17.5 Å². The third kappa shape index (κ3) is 2.90. The van der Waals surface area contributed by atoms with Crippen LogP contribution >= 0.6 is 0 Å². The fourth-order valence-electron chi connectivity index (χ4n) is 3.66. The average molecular weight is 378 g/mol. The average Bonchev–Trinajstić information content (AvgIpc) is 3.28. The first-order chi connectivity index (χ1) is 13.5. The van der Waals surface area contributed by atoms with Gasteiger partial charge in [-0.05, 0) is 30.0 Å². The molecule has 2 amide bonds. The summed E-state index contributed by atoms with van der Waals surface area (Å²) in [5.41, 5.74) is 2.14. The molecule has 1 saturated carbocycles. The Morgan fingerprint density at radius 2 is 2.00 bits per heavy atom. The summed E-state index contributed by atoms with van der Waals surface area (Å²) in [6, 6.07) is 12.7. The minimum atomic E-state index is -0.838. The Balaban J connectivity index is 1.89. The van der Waals surface area contributed by atoms with E-state index in [0.717, 1.165) is 17.7 Å². The molecule has 6 heteroatoms. The quantitative estimate of drug-likeness (QED) is 0.855. The number of rotatable bonds is 4. The van der Waals surface area contributed by atoms with Gasteiger partial charge in [0.15, 0.2) is 0 Å². The zero-order valence-electron chi connectivity index (χ0n) is 15.9. The molecule has 2 aromatic carbocycles. The predicted octanol–water partition coefficient (Wildman–Crippen LogP) is 2.34. The van der Waals surface area contributed by atoms with E-state index in [1.165, 1.54) is 13.1 Å². The third-order valence-electron chi connectivity index (χ3n) is 5.55. The number of ether oxygens (including phenoxy) is 1. The largest absolute Gasteiger partial charge is 0.491 e. The number of nitrogens with zero attached hydrogens (tertiary/aromatic N) is 1. The van der Waals surface area contributed by atoms with Crippen LogP contribution in [-0.4, -0.2) is 42.9 Å². The molecule has 0 saturated heterocycles. The number of amides is 2. The van der Waals surface area contributed by atoms with Crippen molar-refractivity contribution in [1.82, 2.24) is 5.32 Å². The number of fused-ring (bicyclic) bond motifs is 1. The van der Waals surface area contributed by atoms with E-state index >= 15 is 0 Å². The van der Waals surface area contributed by atoms with Gasteiger partial charge in [0.05, 0.1) is 17.6 Å². The number of aliphatic hydroxyl groups excluding tert-OH is 1. The summed E-state index contributed by atoms with van der Waals surface area (Å²) in [4.78, 5) is 29.4. The van der Waals surface area contributed by atoms with Gasteiger partial charge in [0.2, 0.25) is 0 Å². The van der Waals surface area contributed by atoms with E-state index in [0.29, 0.717) is 22.8 Å². The molecule has 1 heterocycles. The summed E-state index contributed by atoms with van der Waals surface area (Å²) < 4.78 is 5.89. The van der Waals surface area contributed by atoms with Crippen LogP contribution in [0.5, 0.6) is 5.75 Å². The van der Waals surface area contributed by atoms with E-state index in [-0.39, 0.29) is 30.6 Å². The maximum Gasteiger partial charge on any atom is 0.276 e. The Hall–Kier alpha value is -2.99. The number of carbonyl (C=O) groups is 2. The molecule has 4 rings (SSSR count). The van der Waals surface area contributed by atoms with Gasteiger partial charge in [-0.15, -0.1) is 0 Å². The van der Waals surface area contributed by atoms with Gasteiger partial charge in [-0.1, -0.05) is 37.3 Å². The molecule has 1 fully saturated rings. The Kier molecular flexibility index (Phi) is 4.51. The van der Waals surface area contributed by atoms with Crippen LogP contribution < -0.4 is 10.1 Å². The highest BCUT2D eigenvalue weighted by molar-refractivity contribution is 6.11. The second-order valence-corrected chi connectivity index (χ2v) is 7.39. The van der Waals surface area contributed by atoms with Crippen molar-refractivity contribution in [2.75, 3.05) is 20.3 Å². The maximum atomic E-state index is 12.7. The van der Waals surface area contributed by atoms with Crippen molar-refractivity contribution in [2.24, 2.45) is 10.9 Å². The minimum Gasteiger partial charge on any atom is -0.491 e. The van der Waals surface area contributed by atoms with Crippen LogP contribution in [0.2, 0.25) is 0 Å². The van der Waals surface area contributed by atoms with Gasteiger partial charge >= 0.3 is 0 Å². The summed E-state index contributed by atoms with van der Waals surface area (Å²) in [6.45, 7) is 2.00. The smallest absolute Gasteiger partial charge is 0.276 e. The zero-order chi connectivity index (χ0) is 19.9. The minimum absolute atomic E-state index is 0.191. The van der Waals surface area contributed by atoms with E-state index in [2.05, 4.69) is 10.3 Å². The molecule has 144 valence electrons. The van der Waals surface area contributed by atoms with Gasteiger partial charge < -0.3 is 15.2 Å². The van der Waals surface area contributed by atoms with Crippen molar-refractivity contribution in [3.8, 4) is 5.75 Å². The van der Waals surface area contributed by atoms with Crippen LogP contribution in [0.1, 0.15) is 45.2 Å². The maximum absolute atomic E-state index is 12.7. The molecule has 0 spiro atoms. The number of hydrogen-bond donors (Lipinski definition) is 2. The molecule has 2 atom stereocenters. The van der Waals surface area contributed by atoms with Crippen molar-refractivity contribution in [1.29, 1.82) is 0 Å². The summed E-state index contributed by atoms with van der Waals surface area (Å²) in [5, 5.41) is 12.9. The van der Waals surface area contributed by atoms with Gasteiger partial charge in [-0.25, -0.2) is 4.99 Å². The van der Waals surface area contributed by atoms with Crippen LogP contribution in [0.3, 0.4) is 0 Å². The van der Waals surface area contributed by atoms with Crippen LogP contribution in [-0.2, 0) is 5.41 Å². The fraction of sp³-hybridized carbons (Fsp3) is 0.318. The molecule has 0 aromatic heterocycles. The Morgan fingerprint density at radius 3 is 2.61 bits per heavy atom. The van der Waals surface area contributed by atoms with Crippen molar-refractivity contribution < 1.29 is 19.4 Å². The summed E-state index contributed by atoms with van der Waals surface area (Å²) in [6.07, 6.45) is 0.826. The van der Waals surface area contributed by atoms with Crippen LogP contribution in [0.4, 0.5) is 0 Å². The van der Waals surface area contributed by atoms with Gasteiger partial charge in [-0.2, -0.15) is 0 Å². The molecular formula is C22H22N2O4. The van der Waals surface area contributed by atoms with Gasteiger partial charge in [0.25, 0.3) is 11.8 Å². The number of aliphatic hydroxyl groups is 1. The highest BCUT2D eigenvalue weighted by Gasteiger charge is 2.44. The molecule has 6 nitrogen and oxygen atoms in total. The monoisotopic (exact) mass is 378 g/mol. The number of carbonyl (C=O) groups excluding carboxylic acids is 2. The number of aliphatic imine (C=N–C) groups is 1. The van der Waals surface area contributed by atoms with E-state index in [1.807, 2.05) is 37.3 Å². The molecule has 2 N–H and O–H groups in total. The normalized spacial score (nSPS) is 23.8. The lowest BCUT2D eigenvalue weighted by Gasteiger charge is -2.26. The lowest BCUT2D eigenvalue weighted by molar-refractivity contribution is 0.0959. The number of hydrogen-bond acceptors (Lipinski definition) is 4. The summed E-state index contributed by atoms with van der Waals surface area (Å²) in [5.74, 6) is 0.0152. The lowest BCUT2D eigenvalue weighted by Crippen LogP contribution is -2.33. The van der Waals surface area contributed by atoms with Crippen LogP contribution in [0.15, 0.2) is 47.5 Å². The molecule has 0 radical (unpaired) electrons. The molecule has 2 aromatic rings. The van der Waals surface area contributed by atoms with Crippen molar-refractivity contribution in [3.63, 3.8) is 0 Å². The molecule has 0 bridgehead atoms. The molecule has 28 heavy (non-hydrogen) atoms. The van der Waals surface area contributed by atoms with Crippen molar-refractivity contribution in [2.45, 2.75) is 18.8 Å². The van der Waals surface area contributed by atoms with Gasteiger partial charge in [0.1, 0.15) is 12.4 Å². The summed E-state index contributed by atoms with van der Waals surface area (Å²) >= 11 is 0. The second kappa shape index (κ2) is 6.87. The first kappa shape index (κ1) is 18.4. The Bertz CT molecular complexity index is 984. The molecule has 1 unspecified atom stereocenters. The van der Waals surface area contributed by atoms with E-state index < -0.39 is 5.41 Å². The van der Waals surface area contributed by atoms with Gasteiger partial charge in [0, 0.05) is 23.9 Å². The first-order valence-electron chi connectivity index (χ1n) is 9.31. The second-order valence-electron chi connectivity index (χ2n) is 7.39. The highest BCUT2D eigenvalue weighted by Crippen LogP contribution is 2.46. The van der Waals surface area contributed by atoms with Crippen LogP contribution in [0, 0.1) is 5.92 Å². The van der Waals surface area contributed by atoms with E-state index in [1.54, 1.807) is 6.07 Å². The Labute approximate surface area is 163 Å². The number of nitrogens with one attached hydrogen (secondary N) is 1. The highest BCUT2D eigenvalue weighted by atomic mass is 16.5. The predicted molar refractivity (Wildman–Crippen MR) is 105 cm³/mol. The fourth-order valence-corrected chi connectivity index (χ4v) is 3.66. The Morgan fingerprint density at radius 1 is 1.29 bits per heavy atom. The topological polar surface area (TPSA) is 88.0 Å². The third-order valence-corrected chi connectivity index (χ3v) is 5.55. The molecule has 1 aliphatic heterocycles. The SMILES string of the molecule is CNC(=O)c1cc(C(=O)N=C2C[C@@H]2C)cc2c1OCC2(CO)c1ccccc1. The lowest BCUT2D eigenvalue weighted by atomic mass is 9.76. The van der Waals surface area contributed by atoms with Crippen molar-refractivity contribution in [3.05, 3.63) is 64.7 Å².